The van der Waals surface area contributed by atoms with E-state index in [-0.39, 0.29) is 11.1 Å². The third-order valence-corrected chi connectivity index (χ3v) is 1.62. The summed E-state index contributed by atoms with van der Waals surface area (Å²) < 4.78 is 14.3. The molecule has 0 fully saturated rings. The first-order chi connectivity index (χ1) is 7.04. The van der Waals surface area contributed by atoms with Gasteiger partial charge in [0, 0.05) is 6.20 Å². The van der Waals surface area contributed by atoms with Crippen LogP contribution in [0.3, 0.4) is 0 Å². The molecular weight excluding hydrogens is 197 g/mol. The van der Waals surface area contributed by atoms with Crippen LogP contribution < -0.4 is 5.49 Å². The molecule has 1 unspecified atom stereocenters. The lowest BCUT2D eigenvalue weighted by atomic mass is 10.2. The molecule has 1 heterocycles. The highest BCUT2D eigenvalue weighted by atomic mass is 19.1. The summed E-state index contributed by atoms with van der Waals surface area (Å²) in [6.45, 7) is 1.47. The second-order valence-corrected chi connectivity index (χ2v) is 2.90. The van der Waals surface area contributed by atoms with Gasteiger partial charge in [-0.3, -0.25) is 15.4 Å². The molecule has 1 atom stereocenters. The Morgan fingerprint density at radius 1 is 1.67 bits per heavy atom. The molecule has 0 bridgehead atoms. The van der Waals surface area contributed by atoms with Crippen molar-refractivity contribution in [1.29, 1.82) is 10.8 Å². The standard InChI is InChI=1S/C10H10FN3O/c1-7(15)2-3-8-4-10(13)14(6-12)5-9(8)11/h4-7,12-13,15H,1H3. The lowest BCUT2D eigenvalue weighted by Crippen LogP contribution is -2.19. The number of halogens is 1. The molecule has 78 valence electrons. The number of nitrogens with zero attached hydrogens (tertiary/aromatic N) is 1. The Labute approximate surface area is 86.0 Å². The topological polar surface area (TPSA) is 72.9 Å². The molecule has 1 aromatic heterocycles. The van der Waals surface area contributed by atoms with Gasteiger partial charge in [-0.25, -0.2) is 4.39 Å². The molecule has 0 saturated carbocycles. The third-order valence-electron chi connectivity index (χ3n) is 1.62. The van der Waals surface area contributed by atoms with E-state index in [0.717, 1.165) is 17.1 Å². The maximum atomic E-state index is 13.3. The molecule has 4 nitrogen and oxygen atoms in total. The normalized spacial score (nSPS) is 11.4. The van der Waals surface area contributed by atoms with Crippen molar-refractivity contribution in [2.75, 3.05) is 0 Å². The fourth-order valence-corrected chi connectivity index (χ4v) is 0.926. The van der Waals surface area contributed by atoms with Gasteiger partial charge >= 0.3 is 0 Å². The summed E-state index contributed by atoms with van der Waals surface area (Å²) in [5, 5.41) is 23.2. The molecule has 0 saturated heterocycles. The molecule has 0 aromatic carbocycles. The molecule has 0 radical (unpaired) electrons. The molecule has 0 amide bonds. The minimum Gasteiger partial charge on any atom is -0.381 e. The van der Waals surface area contributed by atoms with Gasteiger partial charge in [0.1, 0.15) is 11.6 Å². The number of nitrogens with one attached hydrogen (secondary N) is 2. The fourth-order valence-electron chi connectivity index (χ4n) is 0.926. The van der Waals surface area contributed by atoms with Crippen LogP contribution in [0.4, 0.5) is 4.39 Å². The van der Waals surface area contributed by atoms with Crippen LogP contribution in [0.1, 0.15) is 12.5 Å². The Balaban J connectivity index is 3.24. The van der Waals surface area contributed by atoms with Crippen LogP contribution in [-0.4, -0.2) is 22.1 Å². The predicted octanol–water partition coefficient (Wildman–Crippen LogP) is 0.294. The van der Waals surface area contributed by atoms with E-state index in [4.69, 9.17) is 15.9 Å². The van der Waals surface area contributed by atoms with Crippen molar-refractivity contribution in [3.63, 3.8) is 0 Å². The van der Waals surface area contributed by atoms with E-state index >= 15 is 0 Å². The number of hydrogen-bond donors (Lipinski definition) is 3. The van der Waals surface area contributed by atoms with Crippen molar-refractivity contribution in [3.05, 3.63) is 29.1 Å². The van der Waals surface area contributed by atoms with Gasteiger partial charge in [0.2, 0.25) is 0 Å². The van der Waals surface area contributed by atoms with Crippen LogP contribution in [0.15, 0.2) is 12.3 Å². The average Bonchev–Trinajstić information content (AvgIpc) is 2.18. The van der Waals surface area contributed by atoms with Gasteiger partial charge in [-0.2, -0.15) is 0 Å². The van der Waals surface area contributed by atoms with Crippen LogP contribution in [-0.2, 0) is 0 Å². The summed E-state index contributed by atoms with van der Waals surface area (Å²) in [6.07, 6.45) is 0.993. The molecule has 3 N–H and O–H groups in total. The van der Waals surface area contributed by atoms with Gasteiger partial charge in [-0.15, -0.1) is 0 Å². The predicted molar refractivity (Wildman–Crippen MR) is 53.0 cm³/mol. The summed E-state index contributed by atoms with van der Waals surface area (Å²) in [5.41, 5.74) is 0.000271. The molecule has 1 aromatic rings. The molecule has 1 rings (SSSR count). The zero-order chi connectivity index (χ0) is 11.4. The quantitative estimate of drug-likeness (QED) is 0.346. The highest BCUT2D eigenvalue weighted by Crippen LogP contribution is 2.00. The fraction of sp³-hybridized carbons (Fsp3) is 0.200. The highest BCUT2D eigenvalue weighted by Gasteiger charge is 2.01. The minimum atomic E-state index is -0.839. The first-order valence-electron chi connectivity index (χ1n) is 4.21. The van der Waals surface area contributed by atoms with Crippen molar-refractivity contribution in [2.24, 2.45) is 0 Å². The van der Waals surface area contributed by atoms with Gasteiger partial charge in [0.05, 0.1) is 11.9 Å². The lowest BCUT2D eigenvalue weighted by molar-refractivity contribution is 0.253. The second-order valence-electron chi connectivity index (χ2n) is 2.90. The monoisotopic (exact) mass is 207 g/mol. The van der Waals surface area contributed by atoms with E-state index < -0.39 is 11.9 Å². The number of aliphatic hydroxyl groups excluding tert-OH is 1. The first kappa shape index (κ1) is 11.1. The highest BCUT2D eigenvalue weighted by molar-refractivity contribution is 5.54. The van der Waals surface area contributed by atoms with Crippen LogP contribution in [0, 0.1) is 28.5 Å². The van der Waals surface area contributed by atoms with Crippen LogP contribution in [0.25, 0.3) is 0 Å². The largest absolute Gasteiger partial charge is 0.381 e. The van der Waals surface area contributed by atoms with Crippen molar-refractivity contribution >= 4 is 6.34 Å². The van der Waals surface area contributed by atoms with Crippen molar-refractivity contribution < 1.29 is 9.50 Å². The van der Waals surface area contributed by atoms with E-state index in [1.54, 1.807) is 0 Å². The summed E-state index contributed by atoms with van der Waals surface area (Å²) in [4.78, 5) is 0. The number of rotatable bonds is 1. The van der Waals surface area contributed by atoms with E-state index in [0.29, 0.717) is 0 Å². The average molecular weight is 207 g/mol. The Bertz CT molecular complexity index is 494. The first-order valence-corrected chi connectivity index (χ1v) is 4.21. The van der Waals surface area contributed by atoms with Crippen molar-refractivity contribution in [1.82, 2.24) is 4.57 Å². The van der Waals surface area contributed by atoms with Gasteiger partial charge in [0.15, 0.2) is 5.82 Å². The van der Waals surface area contributed by atoms with Gasteiger partial charge in [-0.05, 0) is 13.0 Å². The number of aliphatic hydroxyl groups is 1. The number of aromatic nitrogens is 1. The van der Waals surface area contributed by atoms with Crippen LogP contribution in [0.5, 0.6) is 0 Å². The maximum Gasteiger partial charge on any atom is 0.155 e. The Morgan fingerprint density at radius 3 is 2.87 bits per heavy atom. The summed E-state index contributed by atoms with van der Waals surface area (Å²) >= 11 is 0. The summed E-state index contributed by atoms with van der Waals surface area (Å²) in [7, 11) is 0. The van der Waals surface area contributed by atoms with Crippen molar-refractivity contribution in [3.8, 4) is 11.8 Å². The van der Waals surface area contributed by atoms with E-state index in [2.05, 4.69) is 11.8 Å². The number of hydrogen-bond acceptors (Lipinski definition) is 3. The Kier molecular flexibility index (Phi) is 3.37. The van der Waals surface area contributed by atoms with Crippen LogP contribution >= 0.6 is 0 Å². The van der Waals surface area contributed by atoms with E-state index in [9.17, 15) is 4.39 Å². The molecule has 0 aliphatic heterocycles. The maximum absolute atomic E-state index is 13.3. The van der Waals surface area contributed by atoms with E-state index in [1.165, 1.54) is 13.0 Å². The molecule has 15 heavy (non-hydrogen) atoms. The summed E-state index contributed by atoms with van der Waals surface area (Å²) in [5.74, 6) is 4.18. The SMILES string of the molecule is CC(O)C#Cc1cc(=N)n(C=N)cc1F. The summed E-state index contributed by atoms with van der Waals surface area (Å²) in [6, 6.07) is 1.20. The molecule has 0 spiro atoms. The molecular formula is C10H10FN3O. The lowest BCUT2D eigenvalue weighted by Gasteiger charge is -2.00. The number of pyridine rings is 1. The van der Waals surface area contributed by atoms with Gasteiger partial charge in [0.25, 0.3) is 0 Å². The zero-order valence-electron chi connectivity index (χ0n) is 8.08. The zero-order valence-corrected chi connectivity index (χ0v) is 8.08. The molecule has 0 aliphatic carbocycles. The van der Waals surface area contributed by atoms with Gasteiger partial charge in [-0.1, -0.05) is 11.8 Å². The Hall–Kier alpha value is -1.93. The second kappa shape index (κ2) is 4.53. The van der Waals surface area contributed by atoms with Crippen molar-refractivity contribution in [2.45, 2.75) is 13.0 Å². The van der Waals surface area contributed by atoms with Crippen LogP contribution in [0.2, 0.25) is 0 Å². The minimum absolute atomic E-state index is 0.0405. The van der Waals surface area contributed by atoms with Gasteiger partial charge < -0.3 is 5.11 Å². The third kappa shape index (κ3) is 2.76. The Morgan fingerprint density at radius 2 is 2.33 bits per heavy atom. The van der Waals surface area contributed by atoms with E-state index in [1.807, 2.05) is 0 Å². The molecule has 5 heteroatoms. The smallest absolute Gasteiger partial charge is 0.155 e. The molecule has 0 aliphatic rings.